The van der Waals surface area contributed by atoms with Crippen molar-refractivity contribution in [3.63, 3.8) is 0 Å². The molecule has 0 aliphatic heterocycles. The number of ether oxygens (including phenoxy) is 1. The fraction of sp³-hybridized carbons (Fsp3) is 0.143. The lowest BCUT2D eigenvalue weighted by Gasteiger charge is -2.08. The highest BCUT2D eigenvalue weighted by Gasteiger charge is 2.11. The fourth-order valence-electron chi connectivity index (χ4n) is 2.71. The Morgan fingerprint density at radius 2 is 2.07 bits per heavy atom. The third kappa shape index (κ3) is 4.30. The van der Waals surface area contributed by atoms with Crippen LogP contribution < -0.4 is 10.1 Å². The van der Waals surface area contributed by atoms with E-state index in [1.807, 2.05) is 5.38 Å². The third-order valence-corrected chi connectivity index (χ3v) is 5.16. The van der Waals surface area contributed by atoms with E-state index in [9.17, 15) is 5.26 Å². The van der Waals surface area contributed by atoms with Crippen LogP contribution in [0.15, 0.2) is 48.0 Å². The average molecular weight is 396 g/mol. The second-order valence-electron chi connectivity index (χ2n) is 6.02. The van der Waals surface area contributed by atoms with E-state index < -0.39 is 0 Å². The molecule has 6 heteroatoms. The standard InChI is InChI=1S/C21H18ClN3OS/c1-13-4-6-17(14(2)8-13)19-12-27-21(25-19)15(10-23)11-24-18-9-16(22)5-7-20(18)26-3/h4-9,11-12,24H,1-3H3. The minimum Gasteiger partial charge on any atom is -0.495 e. The van der Waals surface area contributed by atoms with E-state index in [0.717, 1.165) is 16.8 Å². The van der Waals surface area contributed by atoms with E-state index in [-0.39, 0.29) is 0 Å². The van der Waals surface area contributed by atoms with Crippen molar-refractivity contribution in [2.45, 2.75) is 13.8 Å². The van der Waals surface area contributed by atoms with Gasteiger partial charge in [-0.15, -0.1) is 11.3 Å². The molecular formula is C21H18ClN3OS. The minimum atomic E-state index is 0.443. The first kappa shape index (κ1) is 19.0. The number of hydrogen-bond donors (Lipinski definition) is 1. The molecule has 136 valence electrons. The zero-order chi connectivity index (χ0) is 19.4. The highest BCUT2D eigenvalue weighted by Crippen LogP contribution is 2.30. The number of rotatable bonds is 5. The normalized spacial score (nSPS) is 11.1. The zero-order valence-corrected chi connectivity index (χ0v) is 16.8. The molecule has 0 fully saturated rings. The molecule has 0 amide bonds. The third-order valence-electron chi connectivity index (χ3n) is 4.05. The van der Waals surface area contributed by atoms with Gasteiger partial charge in [-0.3, -0.25) is 0 Å². The Hall–Kier alpha value is -2.81. The van der Waals surface area contributed by atoms with Gasteiger partial charge in [0, 0.05) is 22.2 Å². The van der Waals surface area contributed by atoms with E-state index in [1.54, 1.807) is 31.5 Å². The van der Waals surface area contributed by atoms with Crippen LogP contribution in [0.25, 0.3) is 16.8 Å². The summed E-state index contributed by atoms with van der Waals surface area (Å²) in [5, 5.41) is 15.9. The number of aromatic nitrogens is 1. The first-order chi connectivity index (χ1) is 13.0. The number of benzene rings is 2. The van der Waals surface area contributed by atoms with Crippen molar-refractivity contribution in [3.8, 4) is 23.1 Å². The van der Waals surface area contributed by atoms with Gasteiger partial charge in [0.15, 0.2) is 0 Å². The summed E-state index contributed by atoms with van der Waals surface area (Å²) in [4.78, 5) is 4.65. The van der Waals surface area contributed by atoms with Gasteiger partial charge in [0.05, 0.1) is 18.5 Å². The summed E-state index contributed by atoms with van der Waals surface area (Å²) in [7, 11) is 1.58. The molecule has 0 bridgehead atoms. The van der Waals surface area contributed by atoms with Gasteiger partial charge in [0.1, 0.15) is 22.4 Å². The van der Waals surface area contributed by atoms with E-state index >= 15 is 0 Å². The van der Waals surface area contributed by atoms with E-state index in [4.69, 9.17) is 16.3 Å². The van der Waals surface area contributed by atoms with Gasteiger partial charge in [0.25, 0.3) is 0 Å². The van der Waals surface area contributed by atoms with Crippen LogP contribution in [0.1, 0.15) is 16.1 Å². The molecule has 0 saturated carbocycles. The van der Waals surface area contributed by atoms with Crippen molar-refractivity contribution in [1.82, 2.24) is 4.98 Å². The van der Waals surface area contributed by atoms with Gasteiger partial charge in [-0.05, 0) is 37.6 Å². The van der Waals surface area contributed by atoms with E-state index in [1.165, 1.54) is 16.9 Å². The Morgan fingerprint density at radius 3 is 2.78 bits per heavy atom. The molecule has 3 aromatic rings. The Kier molecular flexibility index (Phi) is 5.80. The Bertz CT molecular complexity index is 1050. The summed E-state index contributed by atoms with van der Waals surface area (Å²) in [6, 6.07) is 13.7. The van der Waals surface area contributed by atoms with Crippen LogP contribution in [0.3, 0.4) is 0 Å². The monoisotopic (exact) mass is 395 g/mol. The fourth-order valence-corrected chi connectivity index (χ4v) is 3.66. The minimum absolute atomic E-state index is 0.443. The lowest BCUT2D eigenvalue weighted by atomic mass is 10.0. The number of allylic oxidation sites excluding steroid dienone is 1. The average Bonchev–Trinajstić information content (AvgIpc) is 3.12. The van der Waals surface area contributed by atoms with Crippen LogP contribution in [0, 0.1) is 25.2 Å². The number of nitriles is 1. The number of aryl methyl sites for hydroxylation is 2. The molecule has 1 N–H and O–H groups in total. The maximum Gasteiger partial charge on any atom is 0.142 e. The number of methoxy groups -OCH3 is 1. The zero-order valence-electron chi connectivity index (χ0n) is 15.2. The van der Waals surface area contributed by atoms with Gasteiger partial charge < -0.3 is 10.1 Å². The highest BCUT2D eigenvalue weighted by atomic mass is 35.5. The summed E-state index contributed by atoms with van der Waals surface area (Å²) >= 11 is 7.48. The van der Waals surface area contributed by atoms with Crippen LogP contribution in [0.5, 0.6) is 5.75 Å². The first-order valence-electron chi connectivity index (χ1n) is 8.25. The lowest BCUT2D eigenvalue weighted by molar-refractivity contribution is 0.417. The topological polar surface area (TPSA) is 57.9 Å². The van der Waals surface area contributed by atoms with Gasteiger partial charge in [-0.1, -0.05) is 35.4 Å². The number of thiazole rings is 1. The Balaban J connectivity index is 1.89. The highest BCUT2D eigenvalue weighted by molar-refractivity contribution is 7.11. The summed E-state index contributed by atoms with van der Waals surface area (Å²) in [5.74, 6) is 0.642. The van der Waals surface area contributed by atoms with Crippen molar-refractivity contribution >= 4 is 34.2 Å². The molecule has 27 heavy (non-hydrogen) atoms. The van der Waals surface area contributed by atoms with Gasteiger partial charge in [-0.2, -0.15) is 5.26 Å². The predicted octanol–water partition coefficient (Wildman–Crippen LogP) is 6.07. The summed E-state index contributed by atoms with van der Waals surface area (Å²) in [6.07, 6.45) is 1.62. The van der Waals surface area contributed by atoms with Crippen LogP contribution in [0.4, 0.5) is 5.69 Å². The quantitative estimate of drug-likeness (QED) is 0.533. The predicted molar refractivity (Wildman–Crippen MR) is 112 cm³/mol. The van der Waals surface area contributed by atoms with Crippen LogP contribution >= 0.6 is 22.9 Å². The Labute approximate surface area is 167 Å². The lowest BCUT2D eigenvalue weighted by Crippen LogP contribution is -1.95. The number of nitrogens with zero attached hydrogens (tertiary/aromatic N) is 2. The number of nitrogens with one attached hydrogen (secondary N) is 1. The maximum absolute atomic E-state index is 9.56. The Morgan fingerprint density at radius 1 is 1.26 bits per heavy atom. The smallest absolute Gasteiger partial charge is 0.142 e. The molecule has 1 aromatic heterocycles. The van der Waals surface area contributed by atoms with E-state index in [2.05, 4.69) is 48.4 Å². The number of anilines is 1. The van der Waals surface area contributed by atoms with Gasteiger partial charge >= 0.3 is 0 Å². The summed E-state index contributed by atoms with van der Waals surface area (Å²) in [5.41, 5.74) is 5.45. The molecule has 0 spiro atoms. The second-order valence-corrected chi connectivity index (χ2v) is 7.31. The van der Waals surface area contributed by atoms with Crippen molar-refractivity contribution in [3.05, 3.63) is 69.1 Å². The van der Waals surface area contributed by atoms with Crippen molar-refractivity contribution in [1.29, 1.82) is 5.26 Å². The molecule has 0 radical (unpaired) electrons. The second kappa shape index (κ2) is 8.26. The number of halogens is 1. The van der Waals surface area contributed by atoms with Crippen molar-refractivity contribution < 1.29 is 4.74 Å². The van der Waals surface area contributed by atoms with Crippen molar-refractivity contribution in [2.24, 2.45) is 0 Å². The molecule has 3 rings (SSSR count). The van der Waals surface area contributed by atoms with Crippen LogP contribution in [-0.2, 0) is 0 Å². The van der Waals surface area contributed by atoms with Gasteiger partial charge in [0.2, 0.25) is 0 Å². The van der Waals surface area contributed by atoms with Crippen molar-refractivity contribution in [2.75, 3.05) is 12.4 Å². The molecular weight excluding hydrogens is 378 g/mol. The molecule has 4 nitrogen and oxygen atoms in total. The molecule has 0 aliphatic rings. The molecule has 0 atom stereocenters. The number of hydrogen-bond acceptors (Lipinski definition) is 5. The van der Waals surface area contributed by atoms with Gasteiger partial charge in [-0.25, -0.2) is 4.98 Å². The van der Waals surface area contributed by atoms with E-state index in [0.29, 0.717) is 27.0 Å². The van der Waals surface area contributed by atoms with Crippen LogP contribution in [-0.4, -0.2) is 12.1 Å². The SMILES string of the molecule is COc1ccc(Cl)cc1NC=C(C#N)c1nc(-c2ccc(C)cc2C)cs1. The summed E-state index contributed by atoms with van der Waals surface area (Å²) in [6.45, 7) is 4.13. The molecule has 0 aliphatic carbocycles. The summed E-state index contributed by atoms with van der Waals surface area (Å²) < 4.78 is 5.31. The molecule has 2 aromatic carbocycles. The molecule has 1 heterocycles. The molecule has 0 saturated heterocycles. The first-order valence-corrected chi connectivity index (χ1v) is 9.51. The van der Waals surface area contributed by atoms with Crippen LogP contribution in [0.2, 0.25) is 5.02 Å². The molecule has 0 unspecified atom stereocenters. The largest absolute Gasteiger partial charge is 0.495 e. The maximum atomic E-state index is 9.56.